The van der Waals surface area contributed by atoms with Gasteiger partial charge in [0, 0.05) is 35.2 Å². The predicted octanol–water partition coefficient (Wildman–Crippen LogP) is 3.39. The molecule has 29 heteroatoms. The molecule has 69 heavy (non-hydrogen) atoms. The van der Waals surface area contributed by atoms with Gasteiger partial charge >= 0.3 is 35.6 Å². The van der Waals surface area contributed by atoms with Crippen LogP contribution in [0.25, 0.3) is 21.5 Å². The number of nitrogens with one attached hydrogen (secondary N) is 2. The molecule has 0 radical (unpaired) electrons. The van der Waals surface area contributed by atoms with E-state index in [1.165, 1.54) is 62.4 Å². The fourth-order valence-corrected chi connectivity index (χ4v) is 8.65. The van der Waals surface area contributed by atoms with E-state index < -0.39 is 89.0 Å². The third-order valence-electron chi connectivity index (χ3n) is 9.58. The standard InChI is InChI=1S/C35H28N6O15S4.C5H13NO2.Na/c1-17-11-23(57(45,46)47)5-9-27(17)38-40-31-29(59(51,52)53)15-19-13-21(3-7-25(19)33(31)42)36-35(44)37-22-4-8-26-20(14-22)16-30(60(54,55)56)32(34(26)43)41-39-28-10-6-24(12-18(28)2)58(48,49)50;1-6(2-4-7)3-5-8;/h3-16,42-43H,1-2H3,(H2,36,37,44)(H,45,46,47)(H,48,49,50)(H,51,52,53)(H,54,55,56);7-8H,2-5H2,1H3;/q;;+1. The van der Waals surface area contributed by atoms with Crippen LogP contribution in [0.3, 0.4) is 0 Å². The number of azo groups is 2. The van der Waals surface area contributed by atoms with Crippen molar-refractivity contribution in [3.05, 3.63) is 96.1 Å². The summed E-state index contributed by atoms with van der Waals surface area (Å²) >= 11 is 0. The maximum Gasteiger partial charge on any atom is 1.00 e. The zero-order chi connectivity index (χ0) is 50.5. The average molecular weight is 1040 g/mol. The Bertz CT molecular complexity index is 3260. The van der Waals surface area contributed by atoms with Gasteiger partial charge in [0.1, 0.15) is 21.2 Å². The van der Waals surface area contributed by atoms with Gasteiger partial charge in [0.2, 0.25) is 0 Å². The number of amides is 2. The average Bonchev–Trinajstić information content (AvgIpc) is 3.22. The number of nitrogens with zero attached hydrogens (tertiary/aromatic N) is 5. The van der Waals surface area contributed by atoms with Crippen LogP contribution in [0.5, 0.6) is 11.5 Å². The number of likely N-dealkylation sites (N-methyl/N-ethyl adjacent to an activating group) is 1. The van der Waals surface area contributed by atoms with Crippen molar-refractivity contribution in [3.63, 3.8) is 0 Å². The Labute approximate surface area is 416 Å². The van der Waals surface area contributed by atoms with Crippen LogP contribution in [0.2, 0.25) is 0 Å². The van der Waals surface area contributed by atoms with Crippen molar-refractivity contribution < 1.29 is 107 Å². The third-order valence-corrected chi connectivity index (χ3v) is 13.0. The summed E-state index contributed by atoms with van der Waals surface area (Å²) in [4.78, 5) is 12.3. The quantitative estimate of drug-likeness (QED) is 0.0424. The minimum Gasteiger partial charge on any atom is -0.505 e. The third kappa shape index (κ3) is 14.3. The molecule has 10 N–H and O–H groups in total. The van der Waals surface area contributed by atoms with E-state index >= 15 is 0 Å². The topological polar surface area (TPSA) is 392 Å². The second kappa shape index (κ2) is 22.5. The number of aromatic hydroxyl groups is 2. The summed E-state index contributed by atoms with van der Waals surface area (Å²) in [6.07, 6.45) is 0. The van der Waals surface area contributed by atoms with Crippen molar-refractivity contribution >= 4 is 102 Å². The first kappa shape index (κ1) is 56.0. The number of phenolic OH excluding ortho intramolecular Hbond substituents is 2. The second-order valence-electron chi connectivity index (χ2n) is 14.5. The Kier molecular flexibility index (Phi) is 18.2. The molecule has 0 aliphatic carbocycles. The summed E-state index contributed by atoms with van der Waals surface area (Å²) in [5.74, 6) is -1.46. The zero-order valence-corrected chi connectivity index (χ0v) is 41.8. The molecule has 0 heterocycles. The predicted molar refractivity (Wildman–Crippen MR) is 246 cm³/mol. The molecule has 0 unspecified atom stereocenters. The van der Waals surface area contributed by atoms with E-state index in [4.69, 9.17) is 10.2 Å². The van der Waals surface area contributed by atoms with Gasteiger partial charge in [-0.2, -0.15) is 43.9 Å². The van der Waals surface area contributed by atoms with E-state index in [9.17, 15) is 66.9 Å². The fraction of sp³-hybridized carbons (Fsp3) is 0.175. The molecule has 0 aromatic heterocycles. The van der Waals surface area contributed by atoms with Crippen LogP contribution < -0.4 is 40.2 Å². The molecule has 6 aromatic carbocycles. The van der Waals surface area contributed by atoms with Gasteiger partial charge in [0.05, 0.1) is 34.4 Å². The normalized spacial score (nSPS) is 12.3. The molecule has 0 saturated heterocycles. The molecule has 0 aliphatic rings. The zero-order valence-electron chi connectivity index (χ0n) is 36.5. The first-order valence-corrected chi connectivity index (χ1v) is 24.9. The molecule has 6 aromatic rings. The van der Waals surface area contributed by atoms with Crippen molar-refractivity contribution in [2.75, 3.05) is 44.0 Å². The molecule has 2 amide bonds. The van der Waals surface area contributed by atoms with Crippen LogP contribution in [0, 0.1) is 13.8 Å². The number of aliphatic hydroxyl groups is 2. The molecule has 0 bridgehead atoms. The van der Waals surface area contributed by atoms with E-state index in [1.54, 1.807) is 0 Å². The van der Waals surface area contributed by atoms with Gasteiger partial charge in [0.25, 0.3) is 40.5 Å². The molecule has 24 nitrogen and oxygen atoms in total. The maximum absolute atomic E-state index is 13.1. The van der Waals surface area contributed by atoms with E-state index in [0.29, 0.717) is 13.1 Å². The number of hydrogen-bond donors (Lipinski definition) is 10. The largest absolute Gasteiger partial charge is 1.00 e. The Morgan fingerprint density at radius 2 is 0.899 bits per heavy atom. The summed E-state index contributed by atoms with van der Waals surface area (Å²) < 4.78 is 134. The second-order valence-corrected chi connectivity index (χ2v) is 20.2. The van der Waals surface area contributed by atoms with Crippen molar-refractivity contribution in [1.29, 1.82) is 0 Å². The van der Waals surface area contributed by atoms with Gasteiger partial charge in [-0.1, -0.05) is 0 Å². The molecular weight excluding hydrogens is 1000 g/mol. The number of fused-ring (bicyclic) bond motifs is 2. The minimum atomic E-state index is -5.06. The van der Waals surface area contributed by atoms with Crippen LogP contribution in [0.1, 0.15) is 11.1 Å². The number of anilines is 2. The molecule has 0 fully saturated rings. The summed E-state index contributed by atoms with van der Waals surface area (Å²) in [7, 11) is -17.3. The number of carbonyl (C=O) groups is 1. The van der Waals surface area contributed by atoms with Gasteiger partial charge in [-0.25, -0.2) is 4.79 Å². The van der Waals surface area contributed by atoms with Gasteiger partial charge in [-0.3, -0.25) is 18.2 Å². The summed E-state index contributed by atoms with van der Waals surface area (Å²) in [6, 6.07) is 15.3. The number of benzene rings is 6. The van der Waals surface area contributed by atoms with Gasteiger partial charge in [-0.15, -0.1) is 10.2 Å². The van der Waals surface area contributed by atoms with Gasteiger partial charge in [0.15, 0.2) is 11.5 Å². The molecule has 0 atom stereocenters. The number of aliphatic hydroxyl groups excluding tert-OH is 2. The van der Waals surface area contributed by atoms with Crippen LogP contribution in [0.4, 0.5) is 38.9 Å². The summed E-state index contributed by atoms with van der Waals surface area (Å²) in [5, 5.41) is 59.1. The Morgan fingerprint density at radius 1 is 0.536 bits per heavy atom. The molecule has 0 aliphatic heterocycles. The van der Waals surface area contributed by atoms with Crippen molar-refractivity contribution in [2.24, 2.45) is 20.5 Å². The van der Waals surface area contributed by atoms with Crippen LogP contribution in [-0.4, -0.2) is 117 Å². The fourth-order valence-electron chi connectivity index (χ4n) is 6.20. The minimum absolute atomic E-state index is 0. The number of urea groups is 1. The van der Waals surface area contributed by atoms with Crippen molar-refractivity contribution in [2.45, 2.75) is 33.4 Å². The summed E-state index contributed by atoms with van der Waals surface area (Å²) in [6.45, 7) is 4.46. The van der Waals surface area contributed by atoms with E-state index in [0.717, 1.165) is 36.4 Å². The maximum atomic E-state index is 13.1. The number of rotatable bonds is 14. The number of carbonyl (C=O) groups excluding carboxylic acids is 1. The van der Waals surface area contributed by atoms with E-state index in [1.807, 2.05) is 11.9 Å². The monoisotopic (exact) mass is 1040 g/mol. The Morgan fingerprint density at radius 3 is 1.20 bits per heavy atom. The smallest absolute Gasteiger partial charge is 0.505 e. The van der Waals surface area contributed by atoms with Gasteiger partial charge in [-0.05, 0) is 128 Å². The van der Waals surface area contributed by atoms with E-state index in [2.05, 4.69) is 31.1 Å². The van der Waals surface area contributed by atoms with E-state index in [-0.39, 0.29) is 98.2 Å². The van der Waals surface area contributed by atoms with Crippen molar-refractivity contribution in [3.8, 4) is 11.5 Å². The summed E-state index contributed by atoms with van der Waals surface area (Å²) in [5.41, 5.74) is -0.760. The molecule has 6 rings (SSSR count). The SMILES string of the molecule is CN(CCO)CCO.Cc1cc(S(=O)(=O)O)ccc1N=Nc1c(S(=O)(=O)O)cc2cc(NC(=O)Nc3ccc4c(O)c(N=Nc5ccc(S(=O)(=O)O)cc5C)c(S(=O)(=O)O)cc4c3)ccc2c1O.[Na+]. The van der Waals surface area contributed by atoms with Crippen LogP contribution in [0.15, 0.2) is 125 Å². The first-order chi connectivity index (χ1) is 31.6. The molecule has 0 spiro atoms. The Balaban J connectivity index is 0.00000106. The van der Waals surface area contributed by atoms with Gasteiger partial charge < -0.3 is 36.0 Å². The van der Waals surface area contributed by atoms with Crippen LogP contribution in [-0.2, 0) is 40.5 Å². The van der Waals surface area contributed by atoms with Crippen LogP contribution >= 0.6 is 0 Å². The first-order valence-electron chi connectivity index (χ1n) is 19.1. The molecule has 362 valence electrons. The molecular formula is C40H41N7NaO17S4+. The number of phenols is 2. The number of aryl methyl sites for hydroxylation is 2. The Hall–Kier alpha value is -5.57. The van der Waals surface area contributed by atoms with Crippen molar-refractivity contribution in [1.82, 2.24) is 4.90 Å². The number of hydrogen-bond acceptors (Lipinski definition) is 18. The molecule has 0 saturated carbocycles.